The number of hydrogen-bond acceptors (Lipinski definition) is 4. The van der Waals surface area contributed by atoms with E-state index in [4.69, 9.17) is 4.74 Å². The molecule has 1 aliphatic rings. The third kappa shape index (κ3) is 4.97. The van der Waals surface area contributed by atoms with Crippen LogP contribution in [0.2, 0.25) is 0 Å². The molecule has 0 bridgehead atoms. The fourth-order valence-electron chi connectivity index (χ4n) is 2.52. The summed E-state index contributed by atoms with van der Waals surface area (Å²) in [6.45, 7) is 1.42. The zero-order chi connectivity index (χ0) is 17.4. The van der Waals surface area contributed by atoms with Gasteiger partial charge in [-0.2, -0.15) is 0 Å². The van der Waals surface area contributed by atoms with E-state index in [0.717, 1.165) is 11.3 Å². The van der Waals surface area contributed by atoms with E-state index in [-0.39, 0.29) is 11.8 Å². The molecule has 0 aliphatic carbocycles. The van der Waals surface area contributed by atoms with Crippen LogP contribution < -0.4 is 15.4 Å². The molecule has 2 amide bonds. The highest BCUT2D eigenvalue weighted by Crippen LogP contribution is 2.12. The Morgan fingerprint density at radius 3 is 2.67 bits per heavy atom. The van der Waals surface area contributed by atoms with E-state index < -0.39 is 0 Å². The number of ether oxygens (including phenoxy) is 1. The van der Waals surface area contributed by atoms with Gasteiger partial charge in [-0.05, 0) is 24.1 Å². The highest BCUT2D eigenvalue weighted by molar-refractivity contribution is 5.97. The smallest absolute Gasteiger partial charge is 0.229 e. The second-order valence-electron chi connectivity index (χ2n) is 5.50. The van der Waals surface area contributed by atoms with Gasteiger partial charge in [0.05, 0.1) is 7.11 Å². The zero-order valence-electron chi connectivity index (χ0n) is 14.2. The third-order valence-electron chi connectivity index (χ3n) is 3.83. The Hall–Kier alpha value is -2.57. The number of carbonyl (C=O) groups is 2. The Balaban J connectivity index is 1.78. The summed E-state index contributed by atoms with van der Waals surface area (Å²) in [7, 11) is 3.31. The standard InChI is InChI=1S/C17H24N4O3/c1-18-17(20-12-13-5-3-6-14(11-13)24-2)19-9-10-21-15(22)7-4-8-16(21)23/h3,5-6,11H,4,7-10,12H2,1-2H3,(H2,18,19,20). The van der Waals surface area contributed by atoms with E-state index in [2.05, 4.69) is 15.6 Å². The van der Waals surface area contributed by atoms with E-state index in [9.17, 15) is 9.59 Å². The fourth-order valence-corrected chi connectivity index (χ4v) is 2.52. The van der Waals surface area contributed by atoms with Crippen LogP contribution in [0.25, 0.3) is 0 Å². The molecule has 130 valence electrons. The molecular weight excluding hydrogens is 308 g/mol. The molecule has 0 aromatic heterocycles. The lowest BCUT2D eigenvalue weighted by Crippen LogP contribution is -2.46. The van der Waals surface area contributed by atoms with Crippen molar-refractivity contribution in [3.63, 3.8) is 0 Å². The van der Waals surface area contributed by atoms with Crippen LogP contribution in [0.3, 0.4) is 0 Å². The minimum atomic E-state index is -0.0904. The van der Waals surface area contributed by atoms with Crippen molar-refractivity contribution in [3.8, 4) is 5.75 Å². The number of benzene rings is 1. The number of rotatable bonds is 6. The summed E-state index contributed by atoms with van der Waals surface area (Å²) in [5.41, 5.74) is 1.07. The quantitative estimate of drug-likeness (QED) is 0.459. The van der Waals surface area contributed by atoms with Crippen LogP contribution in [0.1, 0.15) is 24.8 Å². The Morgan fingerprint density at radius 1 is 1.25 bits per heavy atom. The minimum Gasteiger partial charge on any atom is -0.497 e. The average molecular weight is 332 g/mol. The van der Waals surface area contributed by atoms with Gasteiger partial charge in [-0.3, -0.25) is 19.5 Å². The molecule has 1 saturated heterocycles. The predicted molar refractivity (Wildman–Crippen MR) is 91.8 cm³/mol. The van der Waals surface area contributed by atoms with Crippen LogP contribution in [-0.2, 0) is 16.1 Å². The maximum absolute atomic E-state index is 11.7. The monoisotopic (exact) mass is 332 g/mol. The minimum absolute atomic E-state index is 0.0904. The molecule has 24 heavy (non-hydrogen) atoms. The number of amides is 2. The second kappa shape index (κ2) is 8.90. The van der Waals surface area contributed by atoms with Crippen molar-refractivity contribution in [1.82, 2.24) is 15.5 Å². The summed E-state index contributed by atoms with van der Waals surface area (Å²) in [6, 6.07) is 7.77. The van der Waals surface area contributed by atoms with Gasteiger partial charge in [0, 0.05) is 39.5 Å². The van der Waals surface area contributed by atoms with E-state index in [1.807, 2.05) is 24.3 Å². The highest BCUT2D eigenvalue weighted by atomic mass is 16.5. The van der Waals surface area contributed by atoms with Gasteiger partial charge in [0.25, 0.3) is 0 Å². The number of piperidine rings is 1. The molecule has 2 rings (SSSR count). The number of likely N-dealkylation sites (tertiary alicyclic amines) is 1. The lowest BCUT2D eigenvalue weighted by molar-refractivity contribution is -0.147. The Kier molecular flexibility index (Phi) is 6.60. The van der Waals surface area contributed by atoms with Crippen molar-refractivity contribution in [1.29, 1.82) is 0 Å². The number of carbonyl (C=O) groups excluding carboxylic acids is 2. The van der Waals surface area contributed by atoms with Gasteiger partial charge in [-0.1, -0.05) is 12.1 Å². The summed E-state index contributed by atoms with van der Waals surface area (Å²) >= 11 is 0. The Bertz CT molecular complexity index is 600. The summed E-state index contributed by atoms with van der Waals surface area (Å²) < 4.78 is 5.20. The first-order valence-electron chi connectivity index (χ1n) is 8.04. The molecule has 1 aromatic rings. The first-order chi connectivity index (χ1) is 11.6. The van der Waals surface area contributed by atoms with Gasteiger partial charge in [0.1, 0.15) is 5.75 Å². The van der Waals surface area contributed by atoms with Crippen molar-refractivity contribution in [2.75, 3.05) is 27.2 Å². The molecule has 0 radical (unpaired) electrons. The van der Waals surface area contributed by atoms with Crippen LogP contribution >= 0.6 is 0 Å². The van der Waals surface area contributed by atoms with Crippen LogP contribution in [0.4, 0.5) is 0 Å². The number of nitrogens with zero attached hydrogens (tertiary/aromatic N) is 2. The van der Waals surface area contributed by atoms with Gasteiger partial charge in [0.15, 0.2) is 5.96 Å². The zero-order valence-corrected chi connectivity index (χ0v) is 14.2. The summed E-state index contributed by atoms with van der Waals surface area (Å²) in [5, 5.41) is 6.31. The molecule has 1 aliphatic heterocycles. The third-order valence-corrected chi connectivity index (χ3v) is 3.83. The summed E-state index contributed by atoms with van der Waals surface area (Å²) in [5.74, 6) is 1.24. The molecule has 7 nitrogen and oxygen atoms in total. The Morgan fingerprint density at radius 2 is 2.00 bits per heavy atom. The Labute approximate surface area is 142 Å². The second-order valence-corrected chi connectivity index (χ2v) is 5.50. The van der Waals surface area contributed by atoms with E-state index >= 15 is 0 Å². The van der Waals surface area contributed by atoms with E-state index in [1.165, 1.54) is 4.90 Å². The van der Waals surface area contributed by atoms with E-state index in [0.29, 0.717) is 44.9 Å². The van der Waals surface area contributed by atoms with Gasteiger partial charge < -0.3 is 15.4 Å². The number of nitrogens with one attached hydrogen (secondary N) is 2. The van der Waals surface area contributed by atoms with Crippen molar-refractivity contribution in [2.45, 2.75) is 25.8 Å². The molecule has 0 saturated carbocycles. The van der Waals surface area contributed by atoms with E-state index in [1.54, 1.807) is 14.2 Å². The maximum atomic E-state index is 11.7. The fraction of sp³-hybridized carbons (Fsp3) is 0.471. The lowest BCUT2D eigenvalue weighted by atomic mass is 10.1. The lowest BCUT2D eigenvalue weighted by Gasteiger charge is -2.25. The molecule has 1 heterocycles. The number of guanidine groups is 1. The molecule has 0 atom stereocenters. The van der Waals surface area contributed by atoms with Crippen LogP contribution in [0, 0.1) is 0 Å². The first-order valence-corrected chi connectivity index (χ1v) is 8.04. The van der Waals surface area contributed by atoms with Crippen molar-refractivity contribution >= 4 is 17.8 Å². The topological polar surface area (TPSA) is 83.0 Å². The van der Waals surface area contributed by atoms with Crippen LogP contribution in [0.5, 0.6) is 5.75 Å². The van der Waals surface area contributed by atoms with Crippen LogP contribution in [-0.4, -0.2) is 49.9 Å². The average Bonchev–Trinajstić information content (AvgIpc) is 2.60. The molecule has 0 unspecified atom stereocenters. The molecule has 7 heteroatoms. The van der Waals surface area contributed by atoms with Crippen LogP contribution in [0.15, 0.2) is 29.3 Å². The summed E-state index contributed by atoms with van der Waals surface area (Å²) in [6.07, 6.45) is 1.56. The maximum Gasteiger partial charge on any atom is 0.229 e. The number of aliphatic imine (C=N–C) groups is 1. The van der Waals surface area contributed by atoms with Gasteiger partial charge in [-0.15, -0.1) is 0 Å². The van der Waals surface area contributed by atoms with Gasteiger partial charge >= 0.3 is 0 Å². The number of imide groups is 1. The number of hydrogen-bond donors (Lipinski definition) is 2. The summed E-state index contributed by atoms with van der Waals surface area (Å²) in [4.78, 5) is 28.9. The molecule has 2 N–H and O–H groups in total. The normalized spacial score (nSPS) is 15.4. The SMILES string of the molecule is CN=C(NCCN1C(=O)CCCC1=O)NCc1cccc(OC)c1. The highest BCUT2D eigenvalue weighted by Gasteiger charge is 2.25. The molecular formula is C17H24N4O3. The molecule has 1 fully saturated rings. The molecule has 0 spiro atoms. The van der Waals surface area contributed by atoms with Gasteiger partial charge in [0.2, 0.25) is 11.8 Å². The molecule has 1 aromatic carbocycles. The first kappa shape index (κ1) is 17.8. The van der Waals surface area contributed by atoms with Crippen molar-refractivity contribution < 1.29 is 14.3 Å². The predicted octanol–water partition coefficient (Wildman–Crippen LogP) is 0.899. The number of methoxy groups -OCH3 is 1. The van der Waals surface area contributed by atoms with Crippen molar-refractivity contribution in [2.24, 2.45) is 4.99 Å². The largest absolute Gasteiger partial charge is 0.497 e. The van der Waals surface area contributed by atoms with Crippen molar-refractivity contribution in [3.05, 3.63) is 29.8 Å². The van der Waals surface area contributed by atoms with Gasteiger partial charge in [-0.25, -0.2) is 0 Å².